The lowest BCUT2D eigenvalue weighted by molar-refractivity contribution is -0.136. The summed E-state index contributed by atoms with van der Waals surface area (Å²) in [5.74, 6) is 1.00. The number of nitrogens with one attached hydrogen (secondary N) is 1. The summed E-state index contributed by atoms with van der Waals surface area (Å²) >= 11 is 0. The van der Waals surface area contributed by atoms with Crippen molar-refractivity contribution in [2.45, 2.75) is 45.1 Å². The number of amides is 1. The second kappa shape index (κ2) is 6.61. The van der Waals surface area contributed by atoms with Crippen molar-refractivity contribution in [2.24, 2.45) is 5.92 Å². The Morgan fingerprint density at radius 3 is 2.67 bits per heavy atom. The van der Waals surface area contributed by atoms with E-state index in [4.69, 9.17) is 0 Å². The minimum Gasteiger partial charge on any atom is -0.333 e. The molecule has 1 amide bonds. The fourth-order valence-corrected chi connectivity index (χ4v) is 3.34. The summed E-state index contributed by atoms with van der Waals surface area (Å²) in [5, 5.41) is 3.43. The van der Waals surface area contributed by atoms with Gasteiger partial charge < -0.3 is 10.2 Å². The molecule has 2 aliphatic rings. The molecular formula is C18H26N2O. The van der Waals surface area contributed by atoms with Gasteiger partial charge in [0.25, 0.3) is 0 Å². The lowest BCUT2D eigenvalue weighted by atomic mass is 9.82. The van der Waals surface area contributed by atoms with Crippen LogP contribution in [0.4, 0.5) is 0 Å². The molecule has 2 fully saturated rings. The Morgan fingerprint density at radius 1 is 1.29 bits per heavy atom. The van der Waals surface area contributed by atoms with Crippen molar-refractivity contribution in [1.29, 1.82) is 0 Å². The number of carbonyl (C=O) groups excluding carboxylic acids is 1. The Kier molecular flexibility index (Phi) is 4.59. The fourth-order valence-electron chi connectivity index (χ4n) is 3.34. The highest BCUT2D eigenvalue weighted by Gasteiger charge is 2.30. The Hall–Kier alpha value is -1.35. The van der Waals surface area contributed by atoms with Gasteiger partial charge in [0, 0.05) is 26.1 Å². The van der Waals surface area contributed by atoms with E-state index < -0.39 is 0 Å². The van der Waals surface area contributed by atoms with Crippen molar-refractivity contribution >= 4 is 5.91 Å². The molecule has 3 rings (SSSR count). The number of piperazine rings is 1. The molecule has 1 saturated heterocycles. The highest BCUT2D eigenvalue weighted by atomic mass is 16.2. The van der Waals surface area contributed by atoms with Crippen LogP contribution >= 0.6 is 0 Å². The Balaban J connectivity index is 1.71. The standard InChI is InChI=1S/C18H26N2O/c1-2-14-6-8-16(9-7-14)17-13-19-10-11-20(17)18(21)12-15-4-3-5-15/h6-9,15,17,19H,2-5,10-13H2,1H3. The second-order valence-corrected chi connectivity index (χ2v) is 6.40. The molecule has 1 N–H and O–H groups in total. The van der Waals surface area contributed by atoms with E-state index in [1.807, 2.05) is 0 Å². The van der Waals surface area contributed by atoms with E-state index in [1.54, 1.807) is 0 Å². The Bertz CT molecular complexity index is 478. The van der Waals surface area contributed by atoms with Crippen molar-refractivity contribution < 1.29 is 4.79 Å². The Morgan fingerprint density at radius 2 is 2.05 bits per heavy atom. The summed E-state index contributed by atoms with van der Waals surface area (Å²) in [4.78, 5) is 14.7. The van der Waals surface area contributed by atoms with E-state index in [-0.39, 0.29) is 6.04 Å². The van der Waals surface area contributed by atoms with Gasteiger partial charge >= 0.3 is 0 Å². The molecule has 1 aliphatic carbocycles. The smallest absolute Gasteiger partial charge is 0.223 e. The first-order valence-electron chi connectivity index (χ1n) is 8.37. The number of carbonyl (C=O) groups is 1. The fraction of sp³-hybridized carbons (Fsp3) is 0.611. The molecule has 0 spiro atoms. The molecule has 3 heteroatoms. The van der Waals surface area contributed by atoms with Crippen LogP contribution in [0.3, 0.4) is 0 Å². The number of nitrogens with zero attached hydrogens (tertiary/aromatic N) is 1. The van der Waals surface area contributed by atoms with E-state index in [0.717, 1.165) is 32.5 Å². The van der Waals surface area contributed by atoms with Gasteiger partial charge in [-0.25, -0.2) is 0 Å². The zero-order valence-corrected chi connectivity index (χ0v) is 13.0. The van der Waals surface area contributed by atoms with Gasteiger partial charge in [-0.05, 0) is 36.3 Å². The summed E-state index contributed by atoms with van der Waals surface area (Å²) in [5.41, 5.74) is 2.62. The molecule has 114 valence electrons. The van der Waals surface area contributed by atoms with Crippen LogP contribution in [0.5, 0.6) is 0 Å². The molecule has 1 heterocycles. The zero-order valence-electron chi connectivity index (χ0n) is 13.0. The number of hydrogen-bond acceptors (Lipinski definition) is 2. The van der Waals surface area contributed by atoms with Crippen molar-refractivity contribution in [3.63, 3.8) is 0 Å². The van der Waals surface area contributed by atoms with E-state index in [2.05, 4.69) is 41.4 Å². The van der Waals surface area contributed by atoms with E-state index in [1.165, 1.54) is 30.4 Å². The molecule has 1 aromatic carbocycles. The van der Waals surface area contributed by atoms with Crippen LogP contribution in [0, 0.1) is 5.92 Å². The molecule has 0 aromatic heterocycles. The van der Waals surface area contributed by atoms with Crippen LogP contribution in [0.15, 0.2) is 24.3 Å². The van der Waals surface area contributed by atoms with Crippen LogP contribution in [-0.4, -0.2) is 30.4 Å². The highest BCUT2D eigenvalue weighted by Crippen LogP contribution is 2.32. The summed E-state index contributed by atoms with van der Waals surface area (Å²) in [6.07, 6.45) is 5.61. The van der Waals surface area contributed by atoms with Crippen LogP contribution in [0.25, 0.3) is 0 Å². The average molecular weight is 286 g/mol. The first-order valence-corrected chi connectivity index (χ1v) is 8.37. The Labute approximate surface area is 127 Å². The molecular weight excluding hydrogens is 260 g/mol. The highest BCUT2D eigenvalue weighted by molar-refractivity contribution is 5.77. The van der Waals surface area contributed by atoms with Gasteiger partial charge in [0.05, 0.1) is 6.04 Å². The lowest BCUT2D eigenvalue weighted by Crippen LogP contribution is -2.49. The van der Waals surface area contributed by atoms with Gasteiger partial charge in [0.1, 0.15) is 0 Å². The van der Waals surface area contributed by atoms with Gasteiger partial charge in [-0.1, -0.05) is 37.6 Å². The molecule has 1 saturated carbocycles. The van der Waals surface area contributed by atoms with E-state index >= 15 is 0 Å². The third-order valence-electron chi connectivity index (χ3n) is 5.02. The topological polar surface area (TPSA) is 32.3 Å². The maximum absolute atomic E-state index is 12.6. The quantitative estimate of drug-likeness (QED) is 0.923. The summed E-state index contributed by atoms with van der Waals surface area (Å²) in [6, 6.07) is 8.98. The van der Waals surface area contributed by atoms with Gasteiger partial charge in [-0.2, -0.15) is 0 Å². The third kappa shape index (κ3) is 3.29. The van der Waals surface area contributed by atoms with Gasteiger partial charge in [0.15, 0.2) is 0 Å². The molecule has 21 heavy (non-hydrogen) atoms. The van der Waals surface area contributed by atoms with Gasteiger partial charge in [-0.3, -0.25) is 4.79 Å². The number of hydrogen-bond donors (Lipinski definition) is 1. The largest absolute Gasteiger partial charge is 0.333 e. The van der Waals surface area contributed by atoms with Crippen molar-refractivity contribution in [3.8, 4) is 0 Å². The molecule has 1 aromatic rings. The first-order chi connectivity index (χ1) is 10.3. The predicted molar refractivity (Wildman–Crippen MR) is 85.1 cm³/mol. The molecule has 0 bridgehead atoms. The maximum atomic E-state index is 12.6. The second-order valence-electron chi connectivity index (χ2n) is 6.40. The average Bonchev–Trinajstić information content (AvgIpc) is 2.51. The van der Waals surface area contributed by atoms with E-state index in [0.29, 0.717) is 11.8 Å². The van der Waals surface area contributed by atoms with Crippen LogP contribution in [0.1, 0.15) is 49.8 Å². The SMILES string of the molecule is CCc1ccc(C2CNCCN2C(=O)CC2CCC2)cc1. The third-order valence-corrected chi connectivity index (χ3v) is 5.02. The minimum atomic E-state index is 0.206. The van der Waals surface area contributed by atoms with Crippen molar-refractivity contribution in [1.82, 2.24) is 10.2 Å². The monoisotopic (exact) mass is 286 g/mol. The van der Waals surface area contributed by atoms with Gasteiger partial charge in [0.2, 0.25) is 5.91 Å². The lowest BCUT2D eigenvalue weighted by Gasteiger charge is -2.38. The van der Waals surface area contributed by atoms with Crippen LogP contribution < -0.4 is 5.32 Å². The zero-order chi connectivity index (χ0) is 14.7. The molecule has 3 nitrogen and oxygen atoms in total. The summed E-state index contributed by atoms with van der Waals surface area (Å²) in [6.45, 7) is 4.80. The normalized spacial score (nSPS) is 22.9. The number of aryl methyl sites for hydroxylation is 1. The molecule has 1 atom stereocenters. The number of rotatable bonds is 4. The molecule has 0 radical (unpaired) electrons. The van der Waals surface area contributed by atoms with E-state index in [9.17, 15) is 4.79 Å². The number of benzene rings is 1. The van der Waals surface area contributed by atoms with Crippen molar-refractivity contribution in [3.05, 3.63) is 35.4 Å². The summed E-state index contributed by atoms with van der Waals surface area (Å²) < 4.78 is 0. The minimum absolute atomic E-state index is 0.206. The molecule has 1 aliphatic heterocycles. The van der Waals surface area contributed by atoms with Gasteiger partial charge in [-0.15, -0.1) is 0 Å². The van der Waals surface area contributed by atoms with Crippen molar-refractivity contribution in [2.75, 3.05) is 19.6 Å². The summed E-state index contributed by atoms with van der Waals surface area (Å²) in [7, 11) is 0. The van der Waals surface area contributed by atoms with Crippen LogP contribution in [-0.2, 0) is 11.2 Å². The molecule has 1 unspecified atom stereocenters. The first kappa shape index (κ1) is 14.6. The maximum Gasteiger partial charge on any atom is 0.223 e. The predicted octanol–water partition coefficient (Wildman–Crippen LogP) is 2.91. The van der Waals surface area contributed by atoms with Crippen LogP contribution in [0.2, 0.25) is 0 Å².